The molecule has 1 aromatic heterocycles. The first-order chi connectivity index (χ1) is 14.1. The molecule has 1 aliphatic rings. The number of fused-ring (bicyclic) bond motifs is 2. The maximum Gasteiger partial charge on any atom is 0.262 e. The summed E-state index contributed by atoms with van der Waals surface area (Å²) in [5.41, 5.74) is 3.89. The molecular formula is C24H25N2OS2+. The molecule has 0 bridgehead atoms. The Morgan fingerprint density at radius 3 is 2.76 bits per heavy atom. The molecule has 29 heavy (non-hydrogen) atoms. The molecule has 0 amide bonds. The summed E-state index contributed by atoms with van der Waals surface area (Å²) in [4.78, 5) is 3.44. The number of anilines is 1. The van der Waals surface area contributed by atoms with Crippen LogP contribution in [0.15, 0.2) is 70.6 Å². The molecule has 0 saturated carbocycles. The van der Waals surface area contributed by atoms with Gasteiger partial charge in [0.2, 0.25) is 5.52 Å². The van der Waals surface area contributed by atoms with Gasteiger partial charge in [-0.05, 0) is 42.3 Å². The summed E-state index contributed by atoms with van der Waals surface area (Å²) in [5, 5.41) is 2.45. The van der Waals surface area contributed by atoms with E-state index in [0.717, 1.165) is 12.2 Å². The number of allylic oxidation sites excluding steroid dienone is 4. The van der Waals surface area contributed by atoms with Gasteiger partial charge in [-0.3, -0.25) is 0 Å². The number of ether oxygens (including phenoxy) is 1. The molecule has 0 saturated heterocycles. The van der Waals surface area contributed by atoms with Crippen molar-refractivity contribution in [1.29, 1.82) is 0 Å². The molecule has 0 unspecified atom stereocenters. The number of nitrogens with zero attached hydrogens (tertiary/aromatic N) is 2. The summed E-state index contributed by atoms with van der Waals surface area (Å²) in [6.45, 7) is 2.20. The lowest BCUT2D eigenvalue weighted by Gasteiger charge is -2.12. The minimum atomic E-state index is 0.895. The van der Waals surface area contributed by atoms with E-state index in [1.54, 1.807) is 18.9 Å². The second-order valence-electron chi connectivity index (χ2n) is 6.90. The highest BCUT2D eigenvalue weighted by Crippen LogP contribution is 2.46. The lowest BCUT2D eigenvalue weighted by Crippen LogP contribution is -2.28. The number of thioether (sulfide) groups is 1. The molecule has 1 aliphatic heterocycles. The molecule has 4 rings (SSSR count). The summed E-state index contributed by atoms with van der Waals surface area (Å²) in [5.74, 6) is 0.895. The largest absolute Gasteiger partial charge is 0.497 e. The summed E-state index contributed by atoms with van der Waals surface area (Å²) in [6, 6.07) is 13.0. The third-order valence-electron chi connectivity index (χ3n) is 5.11. The van der Waals surface area contributed by atoms with E-state index < -0.39 is 0 Å². The van der Waals surface area contributed by atoms with Crippen molar-refractivity contribution in [3.05, 3.63) is 76.3 Å². The average molecular weight is 422 g/mol. The maximum absolute atomic E-state index is 5.33. The first-order valence-corrected chi connectivity index (χ1v) is 11.3. The molecule has 3 nitrogen and oxygen atoms in total. The van der Waals surface area contributed by atoms with Crippen LogP contribution in [0.2, 0.25) is 0 Å². The first kappa shape index (κ1) is 19.8. The minimum Gasteiger partial charge on any atom is -0.497 e. The Morgan fingerprint density at radius 1 is 1.10 bits per heavy atom. The van der Waals surface area contributed by atoms with Crippen LogP contribution < -0.4 is 14.2 Å². The fourth-order valence-electron chi connectivity index (χ4n) is 3.35. The van der Waals surface area contributed by atoms with Crippen LogP contribution >= 0.6 is 23.1 Å². The van der Waals surface area contributed by atoms with Crippen LogP contribution in [-0.4, -0.2) is 14.2 Å². The van der Waals surface area contributed by atoms with Crippen molar-refractivity contribution < 1.29 is 9.30 Å². The van der Waals surface area contributed by atoms with Crippen molar-refractivity contribution in [3.63, 3.8) is 0 Å². The molecular weight excluding hydrogens is 396 g/mol. The van der Waals surface area contributed by atoms with Gasteiger partial charge in [-0.15, -0.1) is 0 Å². The third-order valence-corrected chi connectivity index (χ3v) is 7.44. The van der Waals surface area contributed by atoms with Crippen LogP contribution in [0, 0.1) is 0 Å². The van der Waals surface area contributed by atoms with E-state index in [9.17, 15) is 0 Å². The van der Waals surface area contributed by atoms with Crippen molar-refractivity contribution in [3.8, 4) is 5.75 Å². The van der Waals surface area contributed by atoms with Gasteiger partial charge in [0.15, 0.2) is 0 Å². The molecule has 0 spiro atoms. The second kappa shape index (κ2) is 8.47. The van der Waals surface area contributed by atoms with Gasteiger partial charge >= 0.3 is 0 Å². The van der Waals surface area contributed by atoms with E-state index in [-0.39, 0.29) is 0 Å². The summed E-state index contributed by atoms with van der Waals surface area (Å²) < 4.78 is 8.93. The SMILES string of the molecule is CCc1ccc2c(c1)sc(C=CC=CC=C1Sc3cc(OC)ccc3N1C)[n+]2C. The second-order valence-corrected chi connectivity index (χ2v) is 9.02. The minimum absolute atomic E-state index is 0.895. The normalized spacial score (nSPS) is 15.3. The monoisotopic (exact) mass is 421 g/mol. The van der Waals surface area contributed by atoms with Crippen LogP contribution in [0.25, 0.3) is 16.3 Å². The van der Waals surface area contributed by atoms with E-state index in [0.29, 0.717) is 0 Å². The van der Waals surface area contributed by atoms with Crippen LogP contribution in [0.1, 0.15) is 17.5 Å². The molecule has 5 heteroatoms. The van der Waals surface area contributed by atoms with Gasteiger partial charge in [0.1, 0.15) is 17.5 Å². The van der Waals surface area contributed by atoms with Crippen LogP contribution in [-0.2, 0) is 13.5 Å². The zero-order chi connectivity index (χ0) is 20.4. The number of aryl methyl sites for hydroxylation is 2. The molecule has 0 atom stereocenters. The van der Waals surface area contributed by atoms with Gasteiger partial charge in [0, 0.05) is 24.1 Å². The highest BCUT2D eigenvalue weighted by atomic mass is 32.2. The predicted molar refractivity (Wildman–Crippen MR) is 126 cm³/mol. The first-order valence-electron chi connectivity index (χ1n) is 9.67. The van der Waals surface area contributed by atoms with Gasteiger partial charge < -0.3 is 9.64 Å². The van der Waals surface area contributed by atoms with E-state index in [4.69, 9.17) is 4.74 Å². The number of aromatic nitrogens is 1. The molecule has 0 radical (unpaired) electrons. The lowest BCUT2D eigenvalue weighted by molar-refractivity contribution is -0.642. The molecule has 0 N–H and O–H groups in total. The van der Waals surface area contributed by atoms with E-state index in [2.05, 4.69) is 91.2 Å². The number of hydrogen-bond acceptors (Lipinski definition) is 4. The van der Waals surface area contributed by atoms with E-state index in [1.807, 2.05) is 17.4 Å². The summed E-state index contributed by atoms with van der Waals surface area (Å²) in [6.07, 6.45) is 11.7. The zero-order valence-corrected chi connectivity index (χ0v) is 18.8. The zero-order valence-electron chi connectivity index (χ0n) is 17.2. The Labute approximate surface area is 180 Å². The molecule has 148 valence electrons. The summed E-state index contributed by atoms with van der Waals surface area (Å²) in [7, 11) is 5.93. The smallest absolute Gasteiger partial charge is 0.262 e. The Kier molecular flexibility index (Phi) is 5.79. The highest BCUT2D eigenvalue weighted by Gasteiger charge is 2.21. The topological polar surface area (TPSA) is 16.4 Å². The number of rotatable bonds is 5. The predicted octanol–water partition coefficient (Wildman–Crippen LogP) is 5.95. The molecule has 0 fully saturated rings. The van der Waals surface area contributed by atoms with Gasteiger partial charge in [0.25, 0.3) is 5.01 Å². The number of hydrogen-bond donors (Lipinski definition) is 0. The van der Waals surface area contributed by atoms with E-state index in [1.165, 1.54) is 36.4 Å². The van der Waals surface area contributed by atoms with Crippen molar-refractivity contribution >= 4 is 45.1 Å². The number of benzene rings is 2. The lowest BCUT2D eigenvalue weighted by atomic mass is 10.2. The van der Waals surface area contributed by atoms with Crippen molar-refractivity contribution in [2.75, 3.05) is 19.1 Å². The standard InChI is InChI=1S/C24H25N2OS2/c1-5-17-11-13-19-21(15-17)28-23(25(19)2)9-7-6-8-10-24-26(3)20-14-12-18(27-4)16-22(20)29-24/h6-16H,5H2,1-4H3/q+1. The number of thiazole rings is 1. The highest BCUT2D eigenvalue weighted by molar-refractivity contribution is 8.03. The molecule has 2 aromatic carbocycles. The van der Waals surface area contributed by atoms with Crippen molar-refractivity contribution in [2.24, 2.45) is 7.05 Å². The number of methoxy groups -OCH3 is 1. The van der Waals surface area contributed by atoms with Gasteiger partial charge in [0.05, 0.1) is 17.8 Å². The van der Waals surface area contributed by atoms with E-state index >= 15 is 0 Å². The average Bonchev–Trinajstić information content (AvgIpc) is 3.23. The van der Waals surface area contributed by atoms with Gasteiger partial charge in [-0.25, -0.2) is 0 Å². The van der Waals surface area contributed by atoms with Crippen LogP contribution in [0.4, 0.5) is 5.69 Å². The quantitative estimate of drug-likeness (QED) is 0.374. The van der Waals surface area contributed by atoms with Crippen molar-refractivity contribution in [2.45, 2.75) is 18.2 Å². The Bertz CT molecular complexity index is 1140. The Morgan fingerprint density at radius 2 is 1.97 bits per heavy atom. The third kappa shape index (κ3) is 3.98. The molecule has 2 heterocycles. The summed E-state index contributed by atoms with van der Waals surface area (Å²) >= 11 is 3.60. The van der Waals surface area contributed by atoms with Crippen LogP contribution in [0.3, 0.4) is 0 Å². The molecule has 3 aromatic rings. The maximum atomic E-state index is 5.33. The fraction of sp³-hybridized carbons (Fsp3) is 0.208. The van der Waals surface area contributed by atoms with Crippen molar-refractivity contribution in [1.82, 2.24) is 0 Å². The van der Waals surface area contributed by atoms with Gasteiger partial charge in [-0.2, -0.15) is 4.57 Å². The fourth-order valence-corrected chi connectivity index (χ4v) is 5.57. The Balaban J connectivity index is 1.47. The molecule has 0 aliphatic carbocycles. The van der Waals surface area contributed by atoms with Gasteiger partial charge in [-0.1, -0.05) is 54.3 Å². The van der Waals surface area contributed by atoms with Crippen LogP contribution in [0.5, 0.6) is 5.75 Å². The Hall–Kier alpha value is -2.50.